The molecule has 0 aliphatic heterocycles. The second-order valence-corrected chi connectivity index (χ2v) is 3.09. The molecule has 0 aromatic carbocycles. The first-order chi connectivity index (χ1) is 5.93. The maximum Gasteiger partial charge on any atom is 0.302 e. The van der Waals surface area contributed by atoms with Crippen LogP contribution in [0.15, 0.2) is 0 Å². The normalized spacial score (nSPS) is 8.09. The Hall–Kier alpha value is 0.534. The molecule has 147 valence electrons. The van der Waals surface area contributed by atoms with Crippen molar-refractivity contribution in [2.75, 3.05) is 0 Å². The van der Waals surface area contributed by atoms with Crippen LogP contribution >= 0.6 is 0 Å². The van der Waals surface area contributed by atoms with Crippen LogP contribution < -0.4 is 0 Å². The molecule has 0 bridgehead atoms. The van der Waals surface area contributed by atoms with E-state index < -0.39 is 0 Å². The van der Waals surface area contributed by atoms with Gasteiger partial charge in [-0.1, -0.05) is 58.4 Å². The van der Waals surface area contributed by atoms with Crippen molar-refractivity contribution >= 4 is 5.97 Å². The Balaban J connectivity index is -0.00000000899. The van der Waals surface area contributed by atoms with E-state index in [-0.39, 0.29) is 110 Å². The predicted octanol–water partition coefficient (Wildman–Crippen LogP) is 6.84. The zero-order valence-corrected chi connectivity index (χ0v) is 14.7. The van der Waals surface area contributed by atoms with Crippen LogP contribution in [0.3, 0.4) is 0 Å². The van der Waals surface area contributed by atoms with Crippen molar-refractivity contribution in [3.8, 4) is 0 Å². The van der Waals surface area contributed by atoms with E-state index in [4.69, 9.17) is 9.84 Å². The number of ether oxygens (including phenoxy) is 1. The number of esters is 1. The summed E-state index contributed by atoms with van der Waals surface area (Å²) in [5.41, 5.74) is 0. The zero-order chi connectivity index (χ0) is 10.9. The Morgan fingerprint density at radius 2 is 1.14 bits per heavy atom. The molecule has 22 heavy (non-hydrogen) atoms. The molecule has 0 heterocycles. The maximum absolute atomic E-state index is 10.2. The summed E-state index contributed by atoms with van der Waals surface area (Å²) in [5, 5.41) is 8.36. The van der Waals surface area contributed by atoms with Crippen LogP contribution in [0.5, 0.6) is 0 Å². The Kier molecular flexibility index (Phi) is 206. The third kappa shape index (κ3) is 108. The van der Waals surface area contributed by atoms with Gasteiger partial charge in [0.2, 0.25) is 0 Å². The van der Waals surface area contributed by atoms with Gasteiger partial charge in [-0.25, -0.2) is 0 Å². The van der Waals surface area contributed by atoms with Crippen LogP contribution in [0.2, 0.25) is 0 Å². The number of hydrogen-bond donors (Lipinski definition) is 1. The third-order valence-electron chi connectivity index (χ3n) is 1.53. The van der Waals surface area contributed by atoms with Crippen molar-refractivity contribution in [3.63, 3.8) is 0 Å². The molecule has 0 aliphatic carbocycles. The maximum atomic E-state index is 10.2. The Labute approximate surface area is 171 Å². The fourth-order valence-electron chi connectivity index (χ4n) is 0.367. The molecule has 3 nitrogen and oxygen atoms in total. The molecule has 1 N–H and O–H groups in total. The molecule has 0 aromatic rings. The van der Waals surface area contributed by atoms with E-state index in [1.165, 1.54) is 6.92 Å². The van der Waals surface area contributed by atoms with E-state index in [1.54, 1.807) is 6.92 Å². The Bertz CT molecular complexity index is 130. The van der Waals surface area contributed by atoms with Gasteiger partial charge < -0.3 is 24.7 Å². The van der Waals surface area contributed by atoms with E-state index in [2.05, 4.69) is 0 Å². The molecule has 0 saturated heterocycles. The average molecular weight is 406 g/mol. The van der Waals surface area contributed by atoms with Gasteiger partial charge in [0.15, 0.2) is 0 Å². The minimum atomic E-state index is -0.195. The van der Waals surface area contributed by atoms with Crippen molar-refractivity contribution in [1.29, 1.82) is 0 Å². The molecule has 2 atom stereocenters. The van der Waals surface area contributed by atoms with Crippen molar-refractivity contribution in [1.82, 2.24) is 0 Å². The van der Waals surface area contributed by atoms with Gasteiger partial charge in [0, 0.05) is 39.6 Å². The summed E-state index contributed by atoms with van der Waals surface area (Å²) in [6, 6.07) is 0. The quantitative estimate of drug-likeness (QED) is 0.413. The monoisotopic (exact) mass is 405 g/mol. The fraction of sp³-hybridized carbons (Fsp3) is 0.833. The summed E-state index contributed by atoms with van der Waals surface area (Å²) < 4.78 is 4.76. The van der Waals surface area contributed by atoms with Gasteiger partial charge in [-0.2, -0.15) is 0 Å². The molecule has 0 fully saturated rings. The third-order valence-corrected chi connectivity index (χ3v) is 1.53. The minimum absolute atomic E-state index is 0. The molecule has 0 aliphatic rings. The molecule has 4 heteroatoms. The molecule has 0 aromatic heterocycles. The number of aliphatic hydroxyl groups is 1. The predicted molar refractivity (Wildman–Crippen MR) is 107 cm³/mol. The second kappa shape index (κ2) is 57.8. The number of hydrogen-bond acceptors (Lipinski definition) is 3. The topological polar surface area (TPSA) is 46.5 Å². The number of carbonyl (C=O) groups excluding carboxylic acids is 1. The van der Waals surface area contributed by atoms with E-state index in [0.29, 0.717) is 0 Å². The molecular formula is C18H52O3Y-2. The van der Waals surface area contributed by atoms with E-state index >= 15 is 0 Å². The molecule has 0 saturated carbocycles. The summed E-state index contributed by atoms with van der Waals surface area (Å²) >= 11 is 0. The van der Waals surface area contributed by atoms with E-state index in [0.717, 1.165) is 12.8 Å². The first-order valence-electron chi connectivity index (χ1n) is 4.79. The summed E-state index contributed by atoms with van der Waals surface area (Å²) in [7, 11) is 0. The first-order valence-corrected chi connectivity index (χ1v) is 4.79. The summed E-state index contributed by atoms with van der Waals surface area (Å²) in [6.45, 7) is 9.01. The minimum Gasteiger partial charge on any atom is -0.463 e. The largest absolute Gasteiger partial charge is 0.463 e. The van der Waals surface area contributed by atoms with Crippen LogP contribution in [-0.2, 0) is 42.2 Å². The Morgan fingerprint density at radius 1 is 0.909 bits per heavy atom. The van der Waals surface area contributed by atoms with Crippen LogP contribution in [0, 0.1) is 14.9 Å². The summed E-state index contributed by atoms with van der Waals surface area (Å²) in [5.74, 6) is -0.195. The fourth-order valence-corrected chi connectivity index (χ4v) is 0.367. The van der Waals surface area contributed by atoms with Crippen LogP contribution in [0.4, 0.5) is 0 Å². The molecule has 2 unspecified atom stereocenters. The number of carbonyl (C=O) groups is 1. The van der Waals surface area contributed by atoms with Gasteiger partial charge in [-0.05, 0) is 26.7 Å². The van der Waals surface area contributed by atoms with Crippen LogP contribution in [-0.4, -0.2) is 23.3 Å². The van der Waals surface area contributed by atoms with Crippen molar-refractivity contribution < 1.29 is 47.3 Å². The SMILES string of the molecule is C.C.C.C.C.C.CCC(C)O.CCC(C)OC(C)=O.[CH3-].[CH3-].[Y]. The van der Waals surface area contributed by atoms with Gasteiger partial charge in [-0.15, -0.1) is 0 Å². The van der Waals surface area contributed by atoms with Gasteiger partial charge in [0.25, 0.3) is 0 Å². The van der Waals surface area contributed by atoms with Gasteiger partial charge >= 0.3 is 5.97 Å². The zero-order valence-electron chi connectivity index (χ0n) is 11.9. The summed E-state index contributed by atoms with van der Waals surface area (Å²) in [6.07, 6.45) is 1.71. The van der Waals surface area contributed by atoms with E-state index in [1.807, 2.05) is 20.8 Å². The van der Waals surface area contributed by atoms with Crippen molar-refractivity contribution in [2.24, 2.45) is 0 Å². The Morgan fingerprint density at radius 3 is 1.18 bits per heavy atom. The second-order valence-electron chi connectivity index (χ2n) is 3.09. The van der Waals surface area contributed by atoms with Gasteiger partial charge in [-0.3, -0.25) is 4.79 Å². The van der Waals surface area contributed by atoms with Crippen molar-refractivity contribution in [2.45, 2.75) is 104 Å². The van der Waals surface area contributed by atoms with Crippen LogP contribution in [0.25, 0.3) is 0 Å². The number of aliphatic hydroxyl groups excluding tert-OH is 1. The summed E-state index contributed by atoms with van der Waals surface area (Å²) in [4.78, 5) is 10.2. The number of rotatable bonds is 3. The molecule has 0 spiro atoms. The first kappa shape index (κ1) is 78.5. The van der Waals surface area contributed by atoms with Crippen LogP contribution in [0.1, 0.15) is 92.0 Å². The average Bonchev–Trinajstić information content (AvgIpc) is 2.04. The molecule has 0 amide bonds. The molecule has 0 rings (SSSR count). The standard InChI is InChI=1S/C6H12O2.C4H10O.6CH4.2CH3.Y/c1-4-5(2)8-6(3)7;1-3-4(2)5;;;;;;;;;/h5H,4H2,1-3H3;4-5H,3H2,1-2H3;6*1H4;2*1H3;/q;;;;;;;;2*-1;. The molecule has 1 radical (unpaired) electrons. The smallest absolute Gasteiger partial charge is 0.302 e. The van der Waals surface area contributed by atoms with Gasteiger partial charge in [0.1, 0.15) is 0 Å². The molecular weight excluding hydrogens is 353 g/mol. The van der Waals surface area contributed by atoms with E-state index in [9.17, 15) is 4.79 Å². The van der Waals surface area contributed by atoms with Gasteiger partial charge in [0.05, 0.1) is 12.2 Å². The van der Waals surface area contributed by atoms with Crippen molar-refractivity contribution in [3.05, 3.63) is 14.9 Å².